The highest BCUT2D eigenvalue weighted by Crippen LogP contribution is 2.13. The largest absolute Gasteiger partial charge is 0.411 e. The summed E-state index contributed by atoms with van der Waals surface area (Å²) >= 11 is 0. The van der Waals surface area contributed by atoms with Gasteiger partial charge in [0.1, 0.15) is 0 Å². The van der Waals surface area contributed by atoms with Crippen molar-refractivity contribution < 1.29 is 5.21 Å². The van der Waals surface area contributed by atoms with Gasteiger partial charge in [-0.25, -0.2) is 0 Å². The molecule has 1 rings (SSSR count). The molecule has 0 amide bonds. The summed E-state index contributed by atoms with van der Waals surface area (Å²) in [6.07, 6.45) is 15.8. The van der Waals surface area contributed by atoms with Crippen molar-refractivity contribution in [3.8, 4) is 0 Å². The lowest BCUT2D eigenvalue weighted by molar-refractivity contribution is 0.318. The Hall–Kier alpha value is -1.31. The molecule has 0 aliphatic rings. The Kier molecular flexibility index (Phi) is 11.3. The van der Waals surface area contributed by atoms with Gasteiger partial charge in [0.15, 0.2) is 0 Å². The molecule has 1 aromatic rings. The van der Waals surface area contributed by atoms with Crippen LogP contribution in [0.2, 0.25) is 0 Å². The van der Waals surface area contributed by atoms with Crippen LogP contribution in [0, 0.1) is 0 Å². The van der Waals surface area contributed by atoms with E-state index in [2.05, 4.69) is 36.3 Å². The van der Waals surface area contributed by atoms with Gasteiger partial charge in [-0.15, -0.1) is 0 Å². The van der Waals surface area contributed by atoms with Crippen LogP contribution in [0.3, 0.4) is 0 Å². The second-order valence-corrected chi connectivity index (χ2v) is 6.53. The smallest absolute Gasteiger partial charge is 0.0865 e. The fourth-order valence-corrected chi connectivity index (χ4v) is 3.01. The molecular formula is C21H35NO. The van der Waals surface area contributed by atoms with Crippen LogP contribution in [0.25, 0.3) is 0 Å². The lowest BCUT2D eigenvalue weighted by Gasteiger charge is -2.05. The zero-order valence-electron chi connectivity index (χ0n) is 15.2. The summed E-state index contributed by atoms with van der Waals surface area (Å²) in [6, 6.07) is 8.49. The number of rotatable bonds is 13. The van der Waals surface area contributed by atoms with E-state index in [4.69, 9.17) is 5.21 Å². The third-order valence-electron chi connectivity index (χ3n) is 4.56. The van der Waals surface area contributed by atoms with Gasteiger partial charge in [-0.2, -0.15) is 0 Å². The lowest BCUT2D eigenvalue weighted by atomic mass is 10.0. The van der Waals surface area contributed by atoms with Crippen LogP contribution in [0.1, 0.15) is 95.6 Å². The number of unbranched alkanes of at least 4 members (excludes halogenated alkanes) is 9. The number of benzene rings is 1. The van der Waals surface area contributed by atoms with Gasteiger partial charge in [0.05, 0.1) is 5.71 Å². The standard InChI is InChI=1S/C21H35NO/c1-3-5-6-7-8-9-10-11-12-13-14-19-15-17-20(18-16-19)21(4-2)22-23/h15-18,23H,3-14H2,1-2H3. The minimum absolute atomic E-state index is 0.758. The van der Waals surface area contributed by atoms with E-state index in [0.717, 1.165) is 24.1 Å². The van der Waals surface area contributed by atoms with E-state index in [1.54, 1.807) is 0 Å². The fourth-order valence-electron chi connectivity index (χ4n) is 3.01. The van der Waals surface area contributed by atoms with Crippen molar-refractivity contribution in [2.45, 2.75) is 90.9 Å². The van der Waals surface area contributed by atoms with E-state index in [-0.39, 0.29) is 0 Å². The summed E-state index contributed by atoms with van der Waals surface area (Å²) in [5.41, 5.74) is 3.18. The minimum atomic E-state index is 0.758. The number of nitrogens with zero attached hydrogens (tertiary/aromatic N) is 1. The average Bonchev–Trinajstić information content (AvgIpc) is 2.59. The summed E-state index contributed by atoms with van der Waals surface area (Å²) in [4.78, 5) is 0. The van der Waals surface area contributed by atoms with Gasteiger partial charge in [-0.1, -0.05) is 101 Å². The summed E-state index contributed by atoms with van der Waals surface area (Å²) in [5, 5.41) is 12.3. The van der Waals surface area contributed by atoms with Crippen molar-refractivity contribution in [2.24, 2.45) is 5.16 Å². The SMILES string of the molecule is CCCCCCCCCCCCc1ccc(C(CC)=NO)cc1. The van der Waals surface area contributed by atoms with Crippen LogP contribution < -0.4 is 0 Å². The van der Waals surface area contributed by atoms with Gasteiger partial charge in [0.25, 0.3) is 0 Å². The molecule has 0 bridgehead atoms. The van der Waals surface area contributed by atoms with Crippen LogP contribution in [-0.4, -0.2) is 10.9 Å². The van der Waals surface area contributed by atoms with Gasteiger partial charge in [0, 0.05) is 0 Å². The third kappa shape index (κ3) is 8.78. The summed E-state index contributed by atoms with van der Waals surface area (Å²) in [5.74, 6) is 0. The van der Waals surface area contributed by atoms with Crippen molar-refractivity contribution in [1.82, 2.24) is 0 Å². The minimum Gasteiger partial charge on any atom is -0.411 e. The second kappa shape index (κ2) is 13.2. The molecular weight excluding hydrogens is 282 g/mol. The molecule has 0 aliphatic carbocycles. The van der Waals surface area contributed by atoms with Crippen LogP contribution in [0.5, 0.6) is 0 Å². The highest BCUT2D eigenvalue weighted by atomic mass is 16.4. The molecule has 2 nitrogen and oxygen atoms in total. The first-order valence-electron chi connectivity index (χ1n) is 9.62. The Morgan fingerprint density at radius 2 is 1.30 bits per heavy atom. The highest BCUT2D eigenvalue weighted by Gasteiger charge is 2.01. The molecule has 1 N–H and O–H groups in total. The molecule has 0 spiro atoms. The first kappa shape index (κ1) is 19.7. The number of hydrogen-bond acceptors (Lipinski definition) is 2. The zero-order chi connectivity index (χ0) is 16.8. The van der Waals surface area contributed by atoms with Gasteiger partial charge >= 0.3 is 0 Å². The maximum Gasteiger partial charge on any atom is 0.0865 e. The maximum absolute atomic E-state index is 8.94. The Morgan fingerprint density at radius 1 is 0.783 bits per heavy atom. The van der Waals surface area contributed by atoms with Crippen LogP contribution in [0.4, 0.5) is 0 Å². The van der Waals surface area contributed by atoms with Gasteiger partial charge in [0.2, 0.25) is 0 Å². The summed E-state index contributed by atoms with van der Waals surface area (Å²) < 4.78 is 0. The first-order valence-corrected chi connectivity index (χ1v) is 9.62. The van der Waals surface area contributed by atoms with E-state index in [9.17, 15) is 0 Å². The fraction of sp³-hybridized carbons (Fsp3) is 0.667. The van der Waals surface area contributed by atoms with Crippen LogP contribution >= 0.6 is 0 Å². The molecule has 0 unspecified atom stereocenters. The molecule has 0 saturated heterocycles. The molecule has 0 atom stereocenters. The molecule has 2 heteroatoms. The van der Waals surface area contributed by atoms with Gasteiger partial charge < -0.3 is 5.21 Å². The predicted octanol–water partition coefficient (Wildman–Crippen LogP) is 6.74. The van der Waals surface area contributed by atoms with Crippen molar-refractivity contribution in [3.63, 3.8) is 0 Å². The highest BCUT2D eigenvalue weighted by molar-refractivity contribution is 5.99. The molecule has 0 aliphatic heterocycles. The normalized spacial score (nSPS) is 11.8. The van der Waals surface area contributed by atoms with Gasteiger partial charge in [-0.3, -0.25) is 0 Å². The van der Waals surface area contributed by atoms with E-state index >= 15 is 0 Å². The Morgan fingerprint density at radius 3 is 1.78 bits per heavy atom. The van der Waals surface area contributed by atoms with Crippen molar-refractivity contribution in [2.75, 3.05) is 0 Å². The Bertz CT molecular complexity index is 422. The zero-order valence-corrected chi connectivity index (χ0v) is 15.2. The summed E-state index contributed by atoms with van der Waals surface area (Å²) in [7, 11) is 0. The molecule has 0 aromatic heterocycles. The number of hydrogen-bond donors (Lipinski definition) is 1. The van der Waals surface area contributed by atoms with E-state index in [0.29, 0.717) is 0 Å². The molecule has 0 saturated carbocycles. The number of aryl methyl sites for hydroxylation is 1. The summed E-state index contributed by atoms with van der Waals surface area (Å²) in [6.45, 7) is 4.28. The lowest BCUT2D eigenvalue weighted by Crippen LogP contribution is -1.99. The molecule has 1 aromatic carbocycles. The molecule has 0 heterocycles. The van der Waals surface area contributed by atoms with E-state index in [1.165, 1.54) is 69.8 Å². The first-order chi connectivity index (χ1) is 11.3. The predicted molar refractivity (Wildman–Crippen MR) is 101 cm³/mol. The van der Waals surface area contributed by atoms with Crippen LogP contribution in [-0.2, 0) is 6.42 Å². The maximum atomic E-state index is 8.94. The molecule has 23 heavy (non-hydrogen) atoms. The van der Waals surface area contributed by atoms with Crippen molar-refractivity contribution in [1.29, 1.82) is 0 Å². The van der Waals surface area contributed by atoms with Gasteiger partial charge in [-0.05, 0) is 30.4 Å². The van der Waals surface area contributed by atoms with E-state index in [1.807, 2.05) is 6.92 Å². The monoisotopic (exact) mass is 317 g/mol. The Labute approximate surface area is 143 Å². The number of oxime groups is 1. The second-order valence-electron chi connectivity index (χ2n) is 6.53. The van der Waals surface area contributed by atoms with Crippen molar-refractivity contribution in [3.05, 3.63) is 35.4 Å². The molecule has 130 valence electrons. The van der Waals surface area contributed by atoms with E-state index < -0.39 is 0 Å². The molecule has 0 radical (unpaired) electrons. The molecule has 0 fully saturated rings. The third-order valence-corrected chi connectivity index (χ3v) is 4.56. The van der Waals surface area contributed by atoms with Crippen LogP contribution in [0.15, 0.2) is 29.4 Å². The Balaban J connectivity index is 2.08. The van der Waals surface area contributed by atoms with Crippen molar-refractivity contribution >= 4 is 5.71 Å². The topological polar surface area (TPSA) is 32.6 Å². The average molecular weight is 318 g/mol. The quantitative estimate of drug-likeness (QED) is 0.186.